The minimum atomic E-state index is -0.0276. The predicted octanol–water partition coefficient (Wildman–Crippen LogP) is 1.41. The van der Waals surface area contributed by atoms with E-state index in [0.717, 1.165) is 24.9 Å². The number of carbonyl (C=O) groups is 1. The van der Waals surface area contributed by atoms with Gasteiger partial charge in [0.05, 0.1) is 20.3 Å². The highest BCUT2D eigenvalue weighted by atomic mass is 16.5. The lowest BCUT2D eigenvalue weighted by Crippen LogP contribution is -2.41. The summed E-state index contributed by atoms with van der Waals surface area (Å²) in [5, 5.41) is 3.23. The molecule has 20 heavy (non-hydrogen) atoms. The molecule has 0 spiro atoms. The van der Waals surface area contributed by atoms with E-state index in [9.17, 15) is 4.79 Å². The van der Waals surface area contributed by atoms with Crippen molar-refractivity contribution in [2.45, 2.75) is 25.4 Å². The molecule has 110 valence electrons. The van der Waals surface area contributed by atoms with Gasteiger partial charge in [0.2, 0.25) is 5.91 Å². The van der Waals surface area contributed by atoms with Gasteiger partial charge in [0.25, 0.3) is 0 Å². The van der Waals surface area contributed by atoms with Crippen molar-refractivity contribution in [1.29, 1.82) is 0 Å². The Hall–Kier alpha value is -1.75. The van der Waals surface area contributed by atoms with Gasteiger partial charge in [0.15, 0.2) is 11.5 Å². The van der Waals surface area contributed by atoms with Gasteiger partial charge >= 0.3 is 0 Å². The average Bonchev–Trinajstić information content (AvgIpc) is 3.00. The van der Waals surface area contributed by atoms with Gasteiger partial charge in [-0.15, -0.1) is 0 Å². The third-order valence-electron chi connectivity index (χ3n) is 3.60. The minimum Gasteiger partial charge on any atom is -0.493 e. The van der Waals surface area contributed by atoms with Crippen LogP contribution in [0.15, 0.2) is 18.2 Å². The number of benzene rings is 1. The summed E-state index contributed by atoms with van der Waals surface area (Å²) in [5.74, 6) is 1.53. The van der Waals surface area contributed by atoms with E-state index in [-0.39, 0.29) is 11.9 Å². The number of hydrogen-bond acceptors (Lipinski definition) is 4. The standard InChI is InChI=1S/C15H22N2O3/c1-17(15(18)12-5-4-8-16-12)10-11-6-7-13(19-2)14(9-11)20-3/h6-7,9,12,16H,4-5,8,10H2,1-3H3/t12-/m0/s1. The Morgan fingerprint density at radius 3 is 2.70 bits per heavy atom. The van der Waals surface area contributed by atoms with Crippen molar-refractivity contribution in [3.05, 3.63) is 23.8 Å². The highest BCUT2D eigenvalue weighted by molar-refractivity contribution is 5.81. The second kappa shape index (κ2) is 6.61. The second-order valence-corrected chi connectivity index (χ2v) is 5.03. The Bertz CT molecular complexity index is 470. The fourth-order valence-corrected chi connectivity index (χ4v) is 2.49. The number of ether oxygens (including phenoxy) is 2. The molecule has 1 saturated heterocycles. The highest BCUT2D eigenvalue weighted by Gasteiger charge is 2.24. The van der Waals surface area contributed by atoms with Gasteiger partial charge in [0, 0.05) is 13.6 Å². The molecule has 1 aliphatic heterocycles. The topological polar surface area (TPSA) is 50.8 Å². The number of amides is 1. The van der Waals surface area contributed by atoms with Crippen LogP contribution < -0.4 is 14.8 Å². The van der Waals surface area contributed by atoms with Crippen LogP contribution in [0.25, 0.3) is 0 Å². The molecule has 0 aliphatic carbocycles. The van der Waals surface area contributed by atoms with Crippen molar-refractivity contribution in [3.63, 3.8) is 0 Å². The molecule has 1 atom stereocenters. The smallest absolute Gasteiger partial charge is 0.239 e. The van der Waals surface area contributed by atoms with Crippen LogP contribution in [0.4, 0.5) is 0 Å². The second-order valence-electron chi connectivity index (χ2n) is 5.03. The lowest BCUT2D eigenvalue weighted by atomic mass is 10.1. The first-order valence-electron chi connectivity index (χ1n) is 6.85. The number of nitrogens with zero attached hydrogens (tertiary/aromatic N) is 1. The maximum atomic E-state index is 12.2. The molecule has 1 fully saturated rings. The molecular weight excluding hydrogens is 256 g/mol. The first kappa shape index (κ1) is 14.7. The Labute approximate surface area is 119 Å². The highest BCUT2D eigenvalue weighted by Crippen LogP contribution is 2.28. The molecule has 1 N–H and O–H groups in total. The number of methoxy groups -OCH3 is 2. The lowest BCUT2D eigenvalue weighted by molar-refractivity contribution is -0.132. The van der Waals surface area contributed by atoms with Crippen molar-refractivity contribution in [1.82, 2.24) is 10.2 Å². The molecule has 0 unspecified atom stereocenters. The molecule has 1 aromatic carbocycles. The van der Waals surface area contributed by atoms with Crippen LogP contribution in [-0.2, 0) is 11.3 Å². The third kappa shape index (κ3) is 3.22. The fourth-order valence-electron chi connectivity index (χ4n) is 2.49. The SMILES string of the molecule is COc1ccc(CN(C)C(=O)[C@@H]2CCCN2)cc1OC. The molecule has 2 rings (SSSR count). The zero-order chi connectivity index (χ0) is 14.5. The van der Waals surface area contributed by atoms with Gasteiger partial charge in [0.1, 0.15) is 0 Å². The largest absolute Gasteiger partial charge is 0.493 e. The van der Waals surface area contributed by atoms with Crippen molar-refractivity contribution >= 4 is 5.91 Å². The summed E-state index contributed by atoms with van der Waals surface area (Å²) < 4.78 is 10.5. The number of rotatable bonds is 5. The summed E-state index contributed by atoms with van der Waals surface area (Å²) in [5.41, 5.74) is 1.02. The van der Waals surface area contributed by atoms with Crippen molar-refractivity contribution in [2.24, 2.45) is 0 Å². The summed E-state index contributed by atoms with van der Waals surface area (Å²) in [6, 6.07) is 5.69. The van der Waals surface area contributed by atoms with Crippen LogP contribution >= 0.6 is 0 Å². The first-order valence-corrected chi connectivity index (χ1v) is 6.85. The van der Waals surface area contributed by atoms with E-state index in [1.807, 2.05) is 25.2 Å². The Morgan fingerprint density at radius 2 is 2.10 bits per heavy atom. The van der Waals surface area contributed by atoms with E-state index in [1.165, 1.54) is 0 Å². The maximum absolute atomic E-state index is 12.2. The summed E-state index contributed by atoms with van der Waals surface area (Å²) in [4.78, 5) is 14.0. The zero-order valence-electron chi connectivity index (χ0n) is 12.3. The molecule has 1 heterocycles. The minimum absolute atomic E-state index is 0.0276. The van der Waals surface area contributed by atoms with E-state index < -0.39 is 0 Å². The molecule has 1 aromatic rings. The first-order chi connectivity index (χ1) is 9.65. The lowest BCUT2D eigenvalue weighted by Gasteiger charge is -2.21. The van der Waals surface area contributed by atoms with Crippen LogP contribution in [-0.4, -0.2) is 44.7 Å². The van der Waals surface area contributed by atoms with Gasteiger partial charge in [-0.1, -0.05) is 6.07 Å². The Morgan fingerprint density at radius 1 is 1.35 bits per heavy atom. The number of likely N-dealkylation sites (N-methyl/N-ethyl adjacent to an activating group) is 1. The Balaban J connectivity index is 2.03. The van der Waals surface area contributed by atoms with Crippen molar-refractivity contribution in [2.75, 3.05) is 27.8 Å². The average molecular weight is 278 g/mol. The van der Waals surface area contributed by atoms with Gasteiger partial charge < -0.3 is 19.7 Å². The van der Waals surface area contributed by atoms with Crippen LogP contribution in [0.2, 0.25) is 0 Å². The molecule has 0 bridgehead atoms. The third-order valence-corrected chi connectivity index (χ3v) is 3.60. The number of nitrogens with one attached hydrogen (secondary N) is 1. The van der Waals surface area contributed by atoms with E-state index >= 15 is 0 Å². The van der Waals surface area contributed by atoms with Crippen LogP contribution in [0.1, 0.15) is 18.4 Å². The molecule has 1 amide bonds. The monoisotopic (exact) mass is 278 g/mol. The molecule has 0 radical (unpaired) electrons. The van der Waals surface area contributed by atoms with Gasteiger partial charge in [-0.2, -0.15) is 0 Å². The van der Waals surface area contributed by atoms with Gasteiger partial charge in [-0.25, -0.2) is 0 Å². The normalized spacial score (nSPS) is 17.9. The van der Waals surface area contributed by atoms with Gasteiger partial charge in [-0.3, -0.25) is 4.79 Å². The van der Waals surface area contributed by atoms with E-state index in [2.05, 4.69) is 5.32 Å². The molecule has 0 aromatic heterocycles. The summed E-state index contributed by atoms with van der Waals surface area (Å²) in [6.07, 6.45) is 2.00. The number of hydrogen-bond donors (Lipinski definition) is 1. The summed E-state index contributed by atoms with van der Waals surface area (Å²) >= 11 is 0. The van der Waals surface area contributed by atoms with Crippen molar-refractivity contribution < 1.29 is 14.3 Å². The molecule has 5 nitrogen and oxygen atoms in total. The molecule has 5 heteroatoms. The van der Waals surface area contributed by atoms with E-state index in [4.69, 9.17) is 9.47 Å². The summed E-state index contributed by atoms with van der Waals surface area (Å²) in [6.45, 7) is 1.50. The molecular formula is C15H22N2O3. The number of carbonyl (C=O) groups excluding carboxylic acids is 1. The van der Waals surface area contributed by atoms with E-state index in [1.54, 1.807) is 19.1 Å². The molecule has 1 aliphatic rings. The molecule has 0 saturated carbocycles. The van der Waals surface area contributed by atoms with Crippen LogP contribution in [0.5, 0.6) is 11.5 Å². The quantitative estimate of drug-likeness (QED) is 0.885. The van der Waals surface area contributed by atoms with Crippen molar-refractivity contribution in [3.8, 4) is 11.5 Å². The summed E-state index contributed by atoms with van der Waals surface area (Å²) in [7, 11) is 5.05. The van der Waals surface area contributed by atoms with Crippen LogP contribution in [0, 0.1) is 0 Å². The fraction of sp³-hybridized carbons (Fsp3) is 0.533. The van der Waals surface area contributed by atoms with E-state index in [0.29, 0.717) is 18.0 Å². The van der Waals surface area contributed by atoms with Crippen LogP contribution in [0.3, 0.4) is 0 Å². The Kier molecular flexibility index (Phi) is 4.84. The van der Waals surface area contributed by atoms with Gasteiger partial charge in [-0.05, 0) is 37.1 Å². The zero-order valence-corrected chi connectivity index (χ0v) is 12.3. The predicted molar refractivity (Wildman–Crippen MR) is 77.0 cm³/mol. The maximum Gasteiger partial charge on any atom is 0.239 e.